The standard InChI is InChI=1S/C22H24FN3O4S/c1-15-10-20(6-7-22(15)29-2)31(27,28)26-9-8-16(13-26)21-12-18(24-25-21)14-30-19-5-3-4-17(23)11-19/h3-7,10-12,16H,8-9,13-14H2,1-2H3,(H,24,25). The largest absolute Gasteiger partial charge is 0.496 e. The predicted octanol–water partition coefficient (Wildman–Crippen LogP) is 3.62. The molecule has 1 fully saturated rings. The van der Waals surface area contributed by atoms with Gasteiger partial charge in [0.05, 0.1) is 23.4 Å². The van der Waals surface area contributed by atoms with E-state index in [-0.39, 0.29) is 23.2 Å². The SMILES string of the molecule is COc1ccc(S(=O)(=O)N2CCC(c3cc(COc4cccc(F)c4)[nH]n3)C2)cc1C. The van der Waals surface area contributed by atoms with Crippen molar-refractivity contribution in [3.8, 4) is 11.5 Å². The topological polar surface area (TPSA) is 84.5 Å². The molecule has 1 saturated heterocycles. The van der Waals surface area contributed by atoms with Crippen LogP contribution in [-0.4, -0.2) is 43.1 Å². The van der Waals surface area contributed by atoms with Gasteiger partial charge >= 0.3 is 0 Å². The van der Waals surface area contributed by atoms with Gasteiger partial charge in [0.25, 0.3) is 0 Å². The average molecular weight is 446 g/mol. The summed E-state index contributed by atoms with van der Waals surface area (Å²) in [6.45, 7) is 2.83. The van der Waals surface area contributed by atoms with Crippen molar-refractivity contribution in [2.75, 3.05) is 20.2 Å². The lowest BCUT2D eigenvalue weighted by Crippen LogP contribution is -2.28. The number of H-pyrrole nitrogens is 1. The Morgan fingerprint density at radius 3 is 2.81 bits per heavy atom. The first-order chi connectivity index (χ1) is 14.9. The molecule has 9 heteroatoms. The van der Waals surface area contributed by atoms with Crippen LogP contribution in [-0.2, 0) is 16.6 Å². The third-order valence-electron chi connectivity index (χ3n) is 5.41. The molecule has 2 aromatic carbocycles. The Kier molecular flexibility index (Phi) is 5.97. The van der Waals surface area contributed by atoms with Gasteiger partial charge in [-0.2, -0.15) is 9.40 Å². The summed E-state index contributed by atoms with van der Waals surface area (Å²) in [6.07, 6.45) is 0.684. The summed E-state index contributed by atoms with van der Waals surface area (Å²) in [6, 6.07) is 12.7. The fraction of sp³-hybridized carbons (Fsp3) is 0.318. The molecule has 3 aromatic rings. The highest BCUT2D eigenvalue weighted by molar-refractivity contribution is 7.89. The second-order valence-corrected chi connectivity index (χ2v) is 9.48. The van der Waals surface area contributed by atoms with Crippen LogP contribution in [0, 0.1) is 12.7 Å². The normalized spacial score (nSPS) is 17.1. The maximum atomic E-state index is 13.3. The third-order valence-corrected chi connectivity index (χ3v) is 7.28. The van der Waals surface area contributed by atoms with Crippen molar-refractivity contribution in [2.24, 2.45) is 0 Å². The summed E-state index contributed by atoms with van der Waals surface area (Å²) in [5.74, 6) is 0.724. The van der Waals surface area contributed by atoms with E-state index < -0.39 is 10.0 Å². The van der Waals surface area contributed by atoms with E-state index in [4.69, 9.17) is 9.47 Å². The Morgan fingerprint density at radius 2 is 2.06 bits per heavy atom. The van der Waals surface area contributed by atoms with Gasteiger partial charge in [-0.1, -0.05) is 6.07 Å². The third kappa shape index (κ3) is 4.57. The number of aromatic nitrogens is 2. The van der Waals surface area contributed by atoms with Gasteiger partial charge < -0.3 is 9.47 Å². The summed E-state index contributed by atoms with van der Waals surface area (Å²) in [5.41, 5.74) is 2.31. The predicted molar refractivity (Wildman–Crippen MR) is 113 cm³/mol. The van der Waals surface area contributed by atoms with Gasteiger partial charge in [-0.05, 0) is 55.3 Å². The van der Waals surface area contributed by atoms with Crippen LogP contribution in [0.4, 0.5) is 4.39 Å². The van der Waals surface area contributed by atoms with Crippen LogP contribution in [0.3, 0.4) is 0 Å². The van der Waals surface area contributed by atoms with Crippen molar-refractivity contribution in [1.82, 2.24) is 14.5 Å². The molecule has 4 rings (SSSR count). The van der Waals surface area contributed by atoms with Crippen LogP contribution in [0.25, 0.3) is 0 Å². The summed E-state index contributed by atoms with van der Waals surface area (Å²) >= 11 is 0. The minimum Gasteiger partial charge on any atom is -0.496 e. The minimum absolute atomic E-state index is 0.00621. The molecular weight excluding hydrogens is 421 g/mol. The lowest BCUT2D eigenvalue weighted by molar-refractivity contribution is 0.299. The van der Waals surface area contributed by atoms with Crippen molar-refractivity contribution in [1.29, 1.82) is 0 Å². The van der Waals surface area contributed by atoms with Crippen molar-refractivity contribution >= 4 is 10.0 Å². The monoisotopic (exact) mass is 445 g/mol. The van der Waals surface area contributed by atoms with E-state index in [1.54, 1.807) is 37.4 Å². The Bertz CT molecular complexity index is 1180. The summed E-state index contributed by atoms with van der Waals surface area (Å²) in [5, 5.41) is 7.26. The number of nitrogens with zero attached hydrogens (tertiary/aromatic N) is 2. The van der Waals surface area contributed by atoms with Crippen LogP contribution >= 0.6 is 0 Å². The van der Waals surface area contributed by atoms with Crippen molar-refractivity contribution in [2.45, 2.75) is 30.8 Å². The molecule has 0 radical (unpaired) electrons. The van der Waals surface area contributed by atoms with Crippen LogP contribution in [0.5, 0.6) is 11.5 Å². The first-order valence-electron chi connectivity index (χ1n) is 9.94. The molecule has 1 aromatic heterocycles. The number of ether oxygens (including phenoxy) is 2. The number of nitrogens with one attached hydrogen (secondary N) is 1. The van der Waals surface area contributed by atoms with Crippen LogP contribution in [0.15, 0.2) is 53.4 Å². The molecule has 1 aliphatic heterocycles. The minimum atomic E-state index is -3.59. The molecule has 1 aliphatic rings. The molecule has 31 heavy (non-hydrogen) atoms. The summed E-state index contributed by atoms with van der Waals surface area (Å²) in [7, 11) is -2.03. The van der Waals surface area contributed by atoms with Crippen molar-refractivity contribution in [3.63, 3.8) is 0 Å². The number of sulfonamides is 1. The molecule has 1 N–H and O–H groups in total. The second-order valence-electron chi connectivity index (χ2n) is 7.54. The molecule has 0 spiro atoms. The molecule has 0 bridgehead atoms. The Labute approximate surface area is 180 Å². The summed E-state index contributed by atoms with van der Waals surface area (Å²) in [4.78, 5) is 0.262. The molecule has 7 nitrogen and oxygen atoms in total. The zero-order chi connectivity index (χ0) is 22.0. The molecule has 0 aliphatic carbocycles. The van der Waals surface area contributed by atoms with E-state index in [0.29, 0.717) is 31.0 Å². The Balaban J connectivity index is 1.41. The van der Waals surface area contributed by atoms with E-state index in [0.717, 1.165) is 17.0 Å². The van der Waals surface area contributed by atoms with E-state index in [1.807, 2.05) is 13.0 Å². The zero-order valence-electron chi connectivity index (χ0n) is 17.3. The van der Waals surface area contributed by atoms with E-state index >= 15 is 0 Å². The van der Waals surface area contributed by atoms with Gasteiger partial charge in [0, 0.05) is 25.1 Å². The Morgan fingerprint density at radius 1 is 1.23 bits per heavy atom. The van der Waals surface area contributed by atoms with Gasteiger partial charge in [-0.3, -0.25) is 5.10 Å². The van der Waals surface area contributed by atoms with Crippen LogP contribution in [0.1, 0.15) is 29.3 Å². The first-order valence-corrected chi connectivity index (χ1v) is 11.4. The number of rotatable bonds is 7. The van der Waals surface area contributed by atoms with Crippen LogP contribution < -0.4 is 9.47 Å². The van der Waals surface area contributed by atoms with Gasteiger partial charge in [-0.25, -0.2) is 12.8 Å². The highest BCUT2D eigenvalue weighted by Gasteiger charge is 2.34. The lowest BCUT2D eigenvalue weighted by atomic mass is 10.1. The van der Waals surface area contributed by atoms with Gasteiger partial charge in [-0.15, -0.1) is 0 Å². The molecule has 1 atom stereocenters. The van der Waals surface area contributed by atoms with Gasteiger partial charge in [0.2, 0.25) is 10.0 Å². The van der Waals surface area contributed by atoms with Crippen LogP contribution in [0.2, 0.25) is 0 Å². The van der Waals surface area contributed by atoms with E-state index in [2.05, 4.69) is 10.2 Å². The highest BCUT2D eigenvalue weighted by atomic mass is 32.2. The molecule has 1 unspecified atom stereocenters. The van der Waals surface area contributed by atoms with Crippen molar-refractivity contribution < 1.29 is 22.3 Å². The van der Waals surface area contributed by atoms with Gasteiger partial charge in [0.1, 0.15) is 23.9 Å². The molecule has 164 valence electrons. The van der Waals surface area contributed by atoms with Gasteiger partial charge in [0.15, 0.2) is 0 Å². The second kappa shape index (κ2) is 8.68. The molecule has 0 amide bonds. The first kappa shape index (κ1) is 21.3. The fourth-order valence-corrected chi connectivity index (χ4v) is 5.31. The smallest absolute Gasteiger partial charge is 0.243 e. The quantitative estimate of drug-likeness (QED) is 0.600. The molecule has 0 saturated carbocycles. The number of aromatic amines is 1. The molecular formula is C22H24FN3O4S. The number of aryl methyl sites for hydroxylation is 1. The number of methoxy groups -OCH3 is 1. The number of halogens is 1. The number of benzene rings is 2. The van der Waals surface area contributed by atoms with E-state index in [9.17, 15) is 12.8 Å². The zero-order valence-corrected chi connectivity index (χ0v) is 18.2. The van der Waals surface area contributed by atoms with Crippen molar-refractivity contribution in [3.05, 3.63) is 71.3 Å². The number of hydrogen-bond donors (Lipinski definition) is 1. The highest BCUT2D eigenvalue weighted by Crippen LogP contribution is 2.32. The van der Waals surface area contributed by atoms with E-state index in [1.165, 1.54) is 16.4 Å². The number of hydrogen-bond acceptors (Lipinski definition) is 5. The lowest BCUT2D eigenvalue weighted by Gasteiger charge is -2.17. The average Bonchev–Trinajstić information content (AvgIpc) is 3.42. The Hall–Kier alpha value is -2.91. The fourth-order valence-electron chi connectivity index (χ4n) is 3.73. The molecule has 2 heterocycles. The maximum Gasteiger partial charge on any atom is 0.243 e. The summed E-state index contributed by atoms with van der Waals surface area (Å²) < 4.78 is 51.7. The maximum absolute atomic E-state index is 13.3.